The minimum Gasteiger partial charge on any atom is -0.461 e. The molecule has 3 heterocycles. The van der Waals surface area contributed by atoms with Gasteiger partial charge < -0.3 is 14.8 Å². The molecule has 3 aliphatic carbocycles. The summed E-state index contributed by atoms with van der Waals surface area (Å²) < 4.78 is 14.6. The zero-order valence-corrected chi connectivity index (χ0v) is 38.5. The number of hydrogen-bond acceptors (Lipinski definition) is 4. The van der Waals surface area contributed by atoms with Crippen LogP contribution in [0.25, 0.3) is 5.70 Å². The van der Waals surface area contributed by atoms with Crippen LogP contribution < -0.4 is 45.9 Å². The topological polar surface area (TPSA) is 42.9 Å². The number of rotatable bonds is 7. The van der Waals surface area contributed by atoms with E-state index in [4.69, 9.17) is 14.5 Å². The SMILES string of the molecule is CC1C=CC=CC1C1N=C(c2cccc3c2OC2=C(C=CCC2)[Si]3(c2ccccc2)c2ccccc2)C=C(c2cccc3c2Oc2ccccc2[Si]3(c2ccccc2)C2C=CC=CC2)N1. The Labute approximate surface area is 384 Å². The van der Waals surface area contributed by atoms with Gasteiger partial charge in [-0.25, -0.2) is 0 Å². The number of fused-ring (bicyclic) bond motifs is 3. The van der Waals surface area contributed by atoms with Gasteiger partial charge in [0, 0.05) is 29.2 Å². The highest BCUT2D eigenvalue weighted by Crippen LogP contribution is 2.43. The lowest BCUT2D eigenvalue weighted by atomic mass is 9.86. The van der Waals surface area contributed by atoms with Crippen LogP contribution in [-0.4, -0.2) is 28.0 Å². The average molecular weight is 875 g/mol. The molecule has 0 bridgehead atoms. The predicted octanol–water partition coefficient (Wildman–Crippen LogP) is 9.29. The van der Waals surface area contributed by atoms with Crippen molar-refractivity contribution in [3.63, 3.8) is 0 Å². The first-order valence-corrected chi connectivity index (χ1v) is 27.3. The van der Waals surface area contributed by atoms with Crippen LogP contribution in [0, 0.1) is 11.8 Å². The Bertz CT molecular complexity index is 3050. The van der Waals surface area contributed by atoms with E-state index >= 15 is 0 Å². The number of nitrogens with one attached hydrogen (secondary N) is 1. The molecule has 6 aromatic carbocycles. The van der Waals surface area contributed by atoms with Crippen molar-refractivity contribution in [1.29, 1.82) is 0 Å². The molecule has 4 nitrogen and oxygen atoms in total. The molecule has 0 saturated carbocycles. The van der Waals surface area contributed by atoms with Crippen LogP contribution in [0.4, 0.5) is 0 Å². The average Bonchev–Trinajstić information content (AvgIpc) is 3.38. The van der Waals surface area contributed by atoms with E-state index in [1.165, 1.54) is 36.3 Å². The molecule has 0 spiro atoms. The van der Waals surface area contributed by atoms with Crippen molar-refractivity contribution in [2.45, 2.75) is 37.9 Å². The summed E-state index contributed by atoms with van der Waals surface area (Å²) in [5, 5.41) is 13.3. The number of para-hydroxylation sites is 3. The fourth-order valence-electron chi connectivity index (χ4n) is 11.7. The molecule has 65 heavy (non-hydrogen) atoms. The van der Waals surface area contributed by atoms with Gasteiger partial charge in [0.2, 0.25) is 0 Å². The minimum absolute atomic E-state index is 0.122. The number of benzene rings is 6. The Morgan fingerprint density at radius 1 is 0.585 bits per heavy atom. The molecule has 6 aliphatic rings. The molecular formula is C59H50N2O2Si2. The van der Waals surface area contributed by atoms with Crippen LogP contribution in [0.15, 0.2) is 234 Å². The minimum atomic E-state index is -2.84. The summed E-state index contributed by atoms with van der Waals surface area (Å²) in [6.45, 7) is 2.30. The summed E-state index contributed by atoms with van der Waals surface area (Å²) >= 11 is 0. The summed E-state index contributed by atoms with van der Waals surface area (Å²) in [6.07, 6.45) is 27.7. The zero-order chi connectivity index (χ0) is 43.4. The fourth-order valence-corrected chi connectivity index (χ4v) is 22.3. The lowest BCUT2D eigenvalue weighted by Crippen LogP contribution is -2.71. The van der Waals surface area contributed by atoms with Crippen molar-refractivity contribution < 1.29 is 9.47 Å². The first-order valence-electron chi connectivity index (χ1n) is 23.2. The molecular weight excluding hydrogens is 825 g/mol. The Kier molecular flexibility index (Phi) is 9.87. The second-order valence-corrected chi connectivity index (χ2v) is 25.8. The normalized spacial score (nSPS) is 24.3. The molecule has 12 rings (SSSR count). The summed E-state index contributed by atoms with van der Waals surface area (Å²) in [5.41, 5.74) is 4.28. The summed E-state index contributed by atoms with van der Waals surface area (Å²) in [7, 11) is -5.59. The van der Waals surface area contributed by atoms with E-state index in [1.807, 2.05) is 0 Å². The quantitative estimate of drug-likeness (QED) is 0.163. The van der Waals surface area contributed by atoms with Crippen LogP contribution >= 0.6 is 0 Å². The monoisotopic (exact) mass is 874 g/mol. The molecule has 6 aromatic rings. The molecule has 5 unspecified atom stereocenters. The van der Waals surface area contributed by atoms with Crippen molar-refractivity contribution >= 4 is 58.7 Å². The van der Waals surface area contributed by atoms with Crippen molar-refractivity contribution in [3.8, 4) is 17.2 Å². The summed E-state index contributed by atoms with van der Waals surface area (Å²) in [4.78, 5) is 5.71. The van der Waals surface area contributed by atoms with Gasteiger partial charge in [0.1, 0.15) is 29.2 Å². The first-order chi connectivity index (χ1) is 32.2. The van der Waals surface area contributed by atoms with E-state index in [2.05, 4.69) is 231 Å². The van der Waals surface area contributed by atoms with E-state index in [0.29, 0.717) is 5.54 Å². The zero-order valence-electron chi connectivity index (χ0n) is 36.5. The molecule has 0 saturated heterocycles. The second kappa shape index (κ2) is 16.2. The lowest BCUT2D eigenvalue weighted by Gasteiger charge is -2.44. The van der Waals surface area contributed by atoms with Gasteiger partial charge in [-0.05, 0) is 84.9 Å². The van der Waals surface area contributed by atoms with E-state index in [9.17, 15) is 0 Å². The van der Waals surface area contributed by atoms with Gasteiger partial charge in [0.15, 0.2) is 16.1 Å². The molecule has 6 heteroatoms. The highest BCUT2D eigenvalue weighted by molar-refractivity contribution is 7.17. The van der Waals surface area contributed by atoms with Crippen molar-refractivity contribution in [2.75, 3.05) is 0 Å². The summed E-state index contributed by atoms with van der Waals surface area (Å²) in [5.74, 6) is 4.28. The molecule has 3 aliphatic heterocycles. The van der Waals surface area contributed by atoms with Gasteiger partial charge >= 0.3 is 0 Å². The molecule has 5 atom stereocenters. The first kappa shape index (κ1) is 39.6. The molecule has 1 N–H and O–H groups in total. The van der Waals surface area contributed by atoms with Gasteiger partial charge in [0.25, 0.3) is 0 Å². The number of ether oxygens (including phenoxy) is 2. The Balaban J connectivity index is 1.09. The van der Waals surface area contributed by atoms with Crippen molar-refractivity contribution in [3.05, 3.63) is 241 Å². The van der Waals surface area contributed by atoms with Crippen LogP contribution in [0.1, 0.15) is 37.3 Å². The maximum Gasteiger partial charge on any atom is 0.187 e. The maximum absolute atomic E-state index is 7.31. The number of nitrogens with zero attached hydrogens (tertiary/aromatic N) is 1. The molecule has 0 fully saturated rings. The molecule has 316 valence electrons. The van der Waals surface area contributed by atoms with E-state index in [0.717, 1.165) is 64.8 Å². The Morgan fingerprint density at radius 2 is 1.23 bits per heavy atom. The van der Waals surface area contributed by atoms with E-state index in [1.54, 1.807) is 0 Å². The van der Waals surface area contributed by atoms with Crippen LogP contribution in [-0.2, 0) is 0 Å². The number of aliphatic imine (C=N–C) groups is 1. The van der Waals surface area contributed by atoms with Crippen molar-refractivity contribution in [1.82, 2.24) is 5.32 Å². The van der Waals surface area contributed by atoms with Gasteiger partial charge in [0.05, 0.1) is 5.71 Å². The standard InChI is InChI=1S/C59H50N2O2Si2/c1-41-22-14-15-31-46(41)59-60-49(47-32-20-38-55-57(47)62-51-34-16-18-36-53(51)64(55,42-23-6-2-7-24-42)43-25-8-3-9-26-43)40-50(61-59)48-33-21-39-56-58(48)63-52-35-17-19-37-54(52)65(56,44-27-10-4-11-28-44)45-29-12-5-13-30-45/h2-16,18-25,27-34,36-41,43,46,59-60H,17,26,35H2,1H3. The largest absolute Gasteiger partial charge is 0.461 e. The van der Waals surface area contributed by atoms with Gasteiger partial charge in [-0.1, -0.05) is 201 Å². The lowest BCUT2D eigenvalue weighted by molar-refractivity contribution is 0.389. The van der Waals surface area contributed by atoms with E-state index in [-0.39, 0.29) is 18.0 Å². The van der Waals surface area contributed by atoms with Crippen LogP contribution in [0.3, 0.4) is 0 Å². The third-order valence-corrected chi connectivity index (χ3v) is 24.7. The Morgan fingerprint density at radius 3 is 1.97 bits per heavy atom. The van der Waals surface area contributed by atoms with Gasteiger partial charge in [-0.15, -0.1) is 0 Å². The Hall–Kier alpha value is -7.00. The predicted molar refractivity (Wildman–Crippen MR) is 273 cm³/mol. The highest BCUT2D eigenvalue weighted by Gasteiger charge is 2.52. The maximum atomic E-state index is 7.31. The smallest absolute Gasteiger partial charge is 0.187 e. The van der Waals surface area contributed by atoms with Gasteiger partial charge in [-0.3, -0.25) is 4.99 Å². The third-order valence-electron chi connectivity index (χ3n) is 14.6. The number of hydrogen-bond donors (Lipinski definition) is 1. The van der Waals surface area contributed by atoms with Crippen LogP contribution in [0.5, 0.6) is 17.2 Å². The fraction of sp³-hybridized carbons (Fsp3) is 0.136. The molecule has 0 radical (unpaired) electrons. The molecule has 0 aromatic heterocycles. The van der Waals surface area contributed by atoms with Gasteiger partial charge in [-0.2, -0.15) is 0 Å². The second-order valence-electron chi connectivity index (χ2n) is 18.0. The van der Waals surface area contributed by atoms with Crippen LogP contribution in [0.2, 0.25) is 5.54 Å². The summed E-state index contributed by atoms with van der Waals surface area (Å²) in [6, 6.07) is 56.1. The van der Waals surface area contributed by atoms with E-state index < -0.39 is 16.1 Å². The van der Waals surface area contributed by atoms with Crippen molar-refractivity contribution in [2.24, 2.45) is 16.8 Å². The third kappa shape index (κ3) is 6.26. The number of allylic oxidation sites excluding steroid dienone is 12. The molecule has 0 amide bonds. The highest BCUT2D eigenvalue weighted by atomic mass is 28.3.